The Morgan fingerprint density at radius 3 is 1.70 bits per heavy atom. The molecule has 0 aliphatic heterocycles. The number of benzene rings is 1. The van der Waals surface area contributed by atoms with E-state index in [1.807, 2.05) is 5.32 Å². The van der Waals surface area contributed by atoms with Crippen molar-refractivity contribution in [2.45, 2.75) is 51.3 Å². The summed E-state index contributed by atoms with van der Waals surface area (Å²) in [5, 5.41) is 40.1. The smallest absolute Gasteiger partial charge is 0.408 e. The third-order valence-corrected chi connectivity index (χ3v) is 5.14. The van der Waals surface area contributed by atoms with Gasteiger partial charge in [0.2, 0.25) is 29.5 Å². The quantitative estimate of drug-likeness (QED) is 0.0911. The van der Waals surface area contributed by atoms with Crippen molar-refractivity contribution in [3.05, 3.63) is 29.8 Å². The first kappa shape index (κ1) is 36.6. The average molecular weight is 625 g/mol. The number of carboxylic acids is 2. The molecule has 242 valence electrons. The van der Waals surface area contributed by atoms with Gasteiger partial charge < -0.3 is 52.0 Å². The van der Waals surface area contributed by atoms with E-state index in [1.54, 1.807) is 32.9 Å². The number of hydrogen-bond acceptors (Lipinski definition) is 10. The molecule has 1 rings (SSSR count). The lowest BCUT2D eigenvalue weighted by atomic mass is 10.1. The molecule has 18 nitrogen and oxygen atoms in total. The van der Waals surface area contributed by atoms with Crippen molar-refractivity contribution in [3.63, 3.8) is 0 Å². The van der Waals surface area contributed by atoms with Crippen LogP contribution >= 0.6 is 0 Å². The molecular formula is C26H36N6O12. The summed E-state index contributed by atoms with van der Waals surface area (Å²) in [6, 6.07) is 3.10. The molecule has 1 aromatic carbocycles. The molecule has 0 heterocycles. The average Bonchev–Trinajstić information content (AvgIpc) is 2.91. The highest BCUT2D eigenvalue weighted by atomic mass is 16.6. The van der Waals surface area contributed by atoms with E-state index in [2.05, 4.69) is 26.6 Å². The molecule has 2 unspecified atom stereocenters. The standard InChI is InChI=1S/C26H36N6O12/c1-26(2,3)44-25(43)32-16(8-14-4-6-15(33)7-5-14)23(41)29-11-19(35)27-10-18(34)28-12-20(36)31-17(9-21(37)38)24(42)30-13-22(39)40/h4-7,16-17,33H,8-13H2,1-3H3,(H,27,35)(H,28,34)(H,29,41)(H,30,42)(H,31,36)(H,32,43)(H,37,38)(H,39,40). The predicted molar refractivity (Wildman–Crippen MR) is 149 cm³/mol. The molecule has 0 aromatic heterocycles. The number of amides is 6. The van der Waals surface area contributed by atoms with E-state index < -0.39 is 97.9 Å². The van der Waals surface area contributed by atoms with Crippen LogP contribution in [0.3, 0.4) is 0 Å². The van der Waals surface area contributed by atoms with Crippen LogP contribution in [0.15, 0.2) is 24.3 Å². The number of phenolic OH excluding ortho intramolecular Hbond substituents is 1. The highest BCUT2D eigenvalue weighted by molar-refractivity contribution is 5.94. The van der Waals surface area contributed by atoms with Gasteiger partial charge in [0.15, 0.2) is 0 Å². The number of phenols is 1. The summed E-state index contributed by atoms with van der Waals surface area (Å²) < 4.78 is 5.19. The van der Waals surface area contributed by atoms with Crippen LogP contribution in [0.25, 0.3) is 0 Å². The summed E-state index contributed by atoms with van der Waals surface area (Å²) in [4.78, 5) is 94.8. The second kappa shape index (κ2) is 17.5. The Morgan fingerprint density at radius 1 is 0.682 bits per heavy atom. The molecule has 0 radical (unpaired) electrons. The molecule has 0 aliphatic rings. The number of carbonyl (C=O) groups is 8. The number of aliphatic carboxylic acids is 2. The number of ether oxygens (including phenoxy) is 1. The monoisotopic (exact) mass is 624 g/mol. The third kappa shape index (κ3) is 16.1. The third-order valence-electron chi connectivity index (χ3n) is 5.14. The summed E-state index contributed by atoms with van der Waals surface area (Å²) in [7, 11) is 0. The van der Waals surface area contributed by atoms with Gasteiger partial charge in [0.05, 0.1) is 26.1 Å². The van der Waals surface area contributed by atoms with Crippen LogP contribution in [-0.4, -0.2) is 107 Å². The van der Waals surface area contributed by atoms with Crippen molar-refractivity contribution in [2.24, 2.45) is 0 Å². The molecule has 0 saturated heterocycles. The Kier molecular flexibility index (Phi) is 14.6. The second-order valence-electron chi connectivity index (χ2n) is 10.2. The lowest BCUT2D eigenvalue weighted by Crippen LogP contribution is -2.52. The largest absolute Gasteiger partial charge is 0.508 e. The SMILES string of the molecule is CC(C)(C)OC(=O)NC(Cc1ccc(O)cc1)C(=O)NCC(=O)NCC(=O)NCC(=O)NC(CC(=O)O)C(=O)NCC(=O)O. The van der Waals surface area contributed by atoms with E-state index >= 15 is 0 Å². The molecule has 0 aliphatic carbocycles. The van der Waals surface area contributed by atoms with E-state index in [1.165, 1.54) is 12.1 Å². The minimum atomic E-state index is -1.61. The van der Waals surface area contributed by atoms with E-state index in [0.29, 0.717) is 5.56 Å². The van der Waals surface area contributed by atoms with Crippen molar-refractivity contribution in [2.75, 3.05) is 26.2 Å². The van der Waals surface area contributed by atoms with E-state index in [0.717, 1.165) is 0 Å². The summed E-state index contributed by atoms with van der Waals surface area (Å²) in [5.41, 5.74) is -0.263. The number of nitrogens with one attached hydrogen (secondary N) is 6. The molecule has 2 atom stereocenters. The normalized spacial score (nSPS) is 12.0. The number of alkyl carbamates (subject to hydrolysis) is 1. The second-order valence-corrected chi connectivity index (χ2v) is 10.2. The van der Waals surface area contributed by atoms with E-state index in [9.17, 15) is 43.5 Å². The maximum Gasteiger partial charge on any atom is 0.408 e. The molecule has 1 aromatic rings. The Labute approximate surface area is 251 Å². The molecular weight excluding hydrogens is 588 g/mol. The van der Waals surface area contributed by atoms with Gasteiger partial charge >= 0.3 is 18.0 Å². The van der Waals surface area contributed by atoms with Gasteiger partial charge in [-0.25, -0.2) is 4.79 Å². The molecule has 0 bridgehead atoms. The number of carbonyl (C=O) groups excluding carboxylic acids is 6. The van der Waals surface area contributed by atoms with Gasteiger partial charge in [0.1, 0.15) is 30.0 Å². The predicted octanol–water partition coefficient (Wildman–Crippen LogP) is -2.66. The van der Waals surface area contributed by atoms with Crippen molar-refractivity contribution in [1.82, 2.24) is 31.9 Å². The zero-order valence-corrected chi connectivity index (χ0v) is 24.2. The van der Waals surface area contributed by atoms with E-state index in [-0.39, 0.29) is 12.2 Å². The van der Waals surface area contributed by atoms with Crippen molar-refractivity contribution >= 4 is 47.6 Å². The Hall–Kier alpha value is -5.42. The molecule has 0 saturated carbocycles. The van der Waals surface area contributed by atoms with Crippen LogP contribution in [0.2, 0.25) is 0 Å². The zero-order valence-electron chi connectivity index (χ0n) is 24.2. The molecule has 6 amide bonds. The fourth-order valence-corrected chi connectivity index (χ4v) is 3.22. The molecule has 9 N–H and O–H groups in total. The Bertz CT molecular complexity index is 1230. The minimum absolute atomic E-state index is 0.000968. The first-order chi connectivity index (χ1) is 20.4. The Morgan fingerprint density at radius 2 is 1.18 bits per heavy atom. The summed E-state index contributed by atoms with van der Waals surface area (Å²) in [5.74, 6) is -7.26. The first-order valence-corrected chi connectivity index (χ1v) is 13.0. The molecule has 44 heavy (non-hydrogen) atoms. The zero-order chi connectivity index (χ0) is 33.4. The lowest BCUT2D eigenvalue weighted by molar-refractivity contribution is -0.141. The number of hydrogen-bond donors (Lipinski definition) is 9. The number of carboxylic acid groups (broad SMARTS) is 2. The summed E-state index contributed by atoms with van der Waals surface area (Å²) in [6.07, 6.45) is -1.74. The number of rotatable bonds is 16. The van der Waals surface area contributed by atoms with Crippen LogP contribution in [0.1, 0.15) is 32.8 Å². The highest BCUT2D eigenvalue weighted by Crippen LogP contribution is 2.12. The first-order valence-electron chi connectivity index (χ1n) is 13.0. The van der Waals surface area contributed by atoms with Crippen molar-refractivity contribution < 1.29 is 58.4 Å². The fraction of sp³-hybridized carbons (Fsp3) is 0.462. The van der Waals surface area contributed by atoms with Gasteiger partial charge in [0.25, 0.3) is 0 Å². The molecule has 0 spiro atoms. The van der Waals surface area contributed by atoms with E-state index in [4.69, 9.17) is 14.9 Å². The summed E-state index contributed by atoms with van der Waals surface area (Å²) >= 11 is 0. The maximum atomic E-state index is 12.8. The number of aromatic hydroxyl groups is 1. The maximum absolute atomic E-state index is 12.8. The van der Waals surface area contributed by atoms with Gasteiger partial charge in [-0.3, -0.25) is 33.6 Å². The minimum Gasteiger partial charge on any atom is -0.508 e. The van der Waals surface area contributed by atoms with Crippen molar-refractivity contribution in [1.29, 1.82) is 0 Å². The van der Waals surface area contributed by atoms with Gasteiger partial charge in [-0.15, -0.1) is 0 Å². The van der Waals surface area contributed by atoms with Gasteiger partial charge in [-0.1, -0.05) is 12.1 Å². The van der Waals surface area contributed by atoms with Crippen LogP contribution in [0.5, 0.6) is 5.75 Å². The Balaban J connectivity index is 2.59. The van der Waals surface area contributed by atoms with Crippen LogP contribution in [0, 0.1) is 0 Å². The fourth-order valence-electron chi connectivity index (χ4n) is 3.22. The lowest BCUT2D eigenvalue weighted by Gasteiger charge is -2.23. The van der Waals surface area contributed by atoms with Crippen LogP contribution in [-0.2, 0) is 44.7 Å². The van der Waals surface area contributed by atoms with Crippen LogP contribution in [0.4, 0.5) is 4.79 Å². The van der Waals surface area contributed by atoms with Crippen LogP contribution < -0.4 is 31.9 Å². The molecule has 0 fully saturated rings. The van der Waals surface area contributed by atoms with Gasteiger partial charge in [-0.05, 0) is 38.5 Å². The highest BCUT2D eigenvalue weighted by Gasteiger charge is 2.26. The molecule has 18 heteroatoms. The summed E-state index contributed by atoms with van der Waals surface area (Å²) in [6.45, 7) is 2.19. The van der Waals surface area contributed by atoms with Gasteiger partial charge in [0, 0.05) is 6.42 Å². The topological polar surface area (TPSA) is 279 Å². The van der Waals surface area contributed by atoms with Gasteiger partial charge in [-0.2, -0.15) is 0 Å². The van der Waals surface area contributed by atoms with Crippen molar-refractivity contribution in [3.8, 4) is 5.75 Å².